The van der Waals surface area contributed by atoms with E-state index < -0.39 is 4.92 Å². The van der Waals surface area contributed by atoms with Gasteiger partial charge in [0.25, 0.3) is 0 Å². The van der Waals surface area contributed by atoms with Crippen LogP contribution in [0.5, 0.6) is 0 Å². The van der Waals surface area contributed by atoms with E-state index in [0.29, 0.717) is 17.6 Å². The van der Waals surface area contributed by atoms with Gasteiger partial charge < -0.3 is 10.2 Å². The molecule has 0 unspecified atom stereocenters. The summed E-state index contributed by atoms with van der Waals surface area (Å²) in [7, 11) is 0. The number of pyridine rings is 1. The lowest BCUT2D eigenvalue weighted by Gasteiger charge is -2.20. The second-order valence-electron chi connectivity index (χ2n) is 3.72. The number of nitro groups is 1. The fraction of sp³-hybridized carbons (Fsp3) is 0.455. The Morgan fingerprint density at radius 1 is 1.58 bits per heavy atom. The van der Waals surface area contributed by atoms with Gasteiger partial charge in [-0.05, 0) is 29.8 Å². The van der Waals surface area contributed by atoms with Gasteiger partial charge in [0.05, 0.1) is 11.5 Å². The van der Waals surface area contributed by atoms with Crippen molar-refractivity contribution in [1.82, 2.24) is 10.3 Å². The summed E-state index contributed by atoms with van der Waals surface area (Å²) in [5, 5.41) is 13.7. The molecule has 1 aromatic rings. The van der Waals surface area contributed by atoms with Gasteiger partial charge in [-0.3, -0.25) is 14.9 Å². The summed E-state index contributed by atoms with van der Waals surface area (Å²) in [5.41, 5.74) is -0.125. The molecule has 104 valence electrons. The standard InChI is InChI=1S/C11H15BrN4O3/c1-3-13-10(17)7-15(4-2)11-9(16(18)19)5-8(12)6-14-11/h5-6H,3-4,7H2,1-2H3,(H,13,17). The Bertz CT molecular complexity index is 481. The predicted molar refractivity (Wildman–Crippen MR) is 75.2 cm³/mol. The van der Waals surface area contributed by atoms with E-state index in [-0.39, 0.29) is 24.0 Å². The molecule has 0 atom stereocenters. The smallest absolute Gasteiger partial charge is 0.312 e. The summed E-state index contributed by atoms with van der Waals surface area (Å²) >= 11 is 3.15. The molecule has 0 saturated carbocycles. The zero-order valence-electron chi connectivity index (χ0n) is 10.7. The van der Waals surface area contributed by atoms with Gasteiger partial charge >= 0.3 is 5.69 Å². The molecule has 1 amide bonds. The Hall–Kier alpha value is -1.70. The van der Waals surface area contributed by atoms with Crippen molar-refractivity contribution in [3.05, 3.63) is 26.9 Å². The van der Waals surface area contributed by atoms with Crippen molar-refractivity contribution in [3.63, 3.8) is 0 Å². The van der Waals surface area contributed by atoms with Crippen molar-refractivity contribution in [2.24, 2.45) is 0 Å². The monoisotopic (exact) mass is 330 g/mol. The van der Waals surface area contributed by atoms with Crippen LogP contribution in [0.25, 0.3) is 0 Å². The van der Waals surface area contributed by atoms with Crippen LogP contribution in [0.4, 0.5) is 11.5 Å². The summed E-state index contributed by atoms with van der Waals surface area (Å²) in [4.78, 5) is 27.7. The molecule has 1 aromatic heterocycles. The third-order valence-electron chi connectivity index (χ3n) is 2.40. The van der Waals surface area contributed by atoms with Crippen LogP contribution in [0, 0.1) is 10.1 Å². The van der Waals surface area contributed by atoms with E-state index in [1.165, 1.54) is 12.3 Å². The number of nitrogens with one attached hydrogen (secondary N) is 1. The molecule has 0 saturated heterocycles. The highest BCUT2D eigenvalue weighted by Gasteiger charge is 2.22. The third-order valence-corrected chi connectivity index (χ3v) is 2.83. The van der Waals surface area contributed by atoms with Crippen LogP contribution >= 0.6 is 15.9 Å². The fourth-order valence-electron chi connectivity index (χ4n) is 1.56. The first-order chi connectivity index (χ1) is 8.99. The van der Waals surface area contributed by atoms with E-state index in [1.807, 2.05) is 13.8 Å². The topological polar surface area (TPSA) is 88.4 Å². The zero-order valence-corrected chi connectivity index (χ0v) is 12.3. The molecule has 0 aliphatic heterocycles. The van der Waals surface area contributed by atoms with Crippen LogP contribution in [0.2, 0.25) is 0 Å². The maximum Gasteiger partial charge on any atom is 0.312 e. The second-order valence-corrected chi connectivity index (χ2v) is 4.64. The number of likely N-dealkylation sites (N-methyl/N-ethyl adjacent to an activating group) is 2. The lowest BCUT2D eigenvalue weighted by molar-refractivity contribution is -0.384. The Morgan fingerprint density at radius 2 is 2.26 bits per heavy atom. The van der Waals surface area contributed by atoms with Crippen molar-refractivity contribution in [1.29, 1.82) is 0 Å². The van der Waals surface area contributed by atoms with Crippen LogP contribution in [-0.4, -0.2) is 35.4 Å². The van der Waals surface area contributed by atoms with Gasteiger partial charge in [-0.2, -0.15) is 0 Å². The number of hydrogen-bond donors (Lipinski definition) is 1. The van der Waals surface area contributed by atoms with Crippen molar-refractivity contribution >= 4 is 33.3 Å². The minimum atomic E-state index is -0.506. The van der Waals surface area contributed by atoms with E-state index in [0.717, 1.165) is 0 Å². The van der Waals surface area contributed by atoms with Crippen molar-refractivity contribution in [2.75, 3.05) is 24.5 Å². The largest absolute Gasteiger partial charge is 0.355 e. The van der Waals surface area contributed by atoms with E-state index in [2.05, 4.69) is 26.2 Å². The van der Waals surface area contributed by atoms with Crippen LogP contribution < -0.4 is 10.2 Å². The molecule has 19 heavy (non-hydrogen) atoms. The molecule has 1 rings (SSSR count). The molecule has 0 radical (unpaired) electrons. The summed E-state index contributed by atoms with van der Waals surface area (Å²) in [6, 6.07) is 1.38. The number of aromatic nitrogens is 1. The lowest BCUT2D eigenvalue weighted by atomic mass is 10.3. The molecule has 0 aliphatic carbocycles. The highest BCUT2D eigenvalue weighted by molar-refractivity contribution is 9.10. The van der Waals surface area contributed by atoms with Gasteiger partial charge in [0.1, 0.15) is 0 Å². The third kappa shape index (κ3) is 4.16. The quantitative estimate of drug-likeness (QED) is 0.633. The minimum Gasteiger partial charge on any atom is -0.355 e. The van der Waals surface area contributed by atoms with Crippen LogP contribution in [0.15, 0.2) is 16.7 Å². The summed E-state index contributed by atoms with van der Waals surface area (Å²) in [6.45, 7) is 4.64. The molecule has 0 spiro atoms. The summed E-state index contributed by atoms with van der Waals surface area (Å²) in [5.74, 6) is 0.00493. The predicted octanol–water partition coefficient (Wildman–Crippen LogP) is 1.71. The number of amides is 1. The number of carbonyl (C=O) groups excluding carboxylic acids is 1. The molecular formula is C11H15BrN4O3. The van der Waals surface area contributed by atoms with E-state index >= 15 is 0 Å². The van der Waals surface area contributed by atoms with Gasteiger partial charge in [0.2, 0.25) is 11.7 Å². The molecule has 0 aromatic carbocycles. The Labute approximate surface area is 119 Å². The minimum absolute atomic E-state index is 0.0415. The van der Waals surface area contributed by atoms with Gasteiger partial charge in [0, 0.05) is 29.8 Å². The first-order valence-corrected chi connectivity index (χ1v) is 6.60. The zero-order chi connectivity index (χ0) is 14.4. The maximum absolute atomic E-state index is 11.6. The van der Waals surface area contributed by atoms with E-state index in [1.54, 1.807) is 4.90 Å². The van der Waals surface area contributed by atoms with Gasteiger partial charge in [-0.15, -0.1) is 0 Å². The van der Waals surface area contributed by atoms with Crippen molar-refractivity contribution in [2.45, 2.75) is 13.8 Å². The highest BCUT2D eigenvalue weighted by atomic mass is 79.9. The normalized spacial score (nSPS) is 10.1. The lowest BCUT2D eigenvalue weighted by Crippen LogP contribution is -2.37. The molecule has 0 fully saturated rings. The molecule has 0 aliphatic rings. The van der Waals surface area contributed by atoms with Gasteiger partial charge in [-0.1, -0.05) is 0 Å². The molecule has 0 bridgehead atoms. The molecule has 8 heteroatoms. The molecule has 7 nitrogen and oxygen atoms in total. The fourth-order valence-corrected chi connectivity index (χ4v) is 1.88. The van der Waals surface area contributed by atoms with Crippen molar-refractivity contribution in [3.8, 4) is 0 Å². The number of hydrogen-bond acceptors (Lipinski definition) is 5. The van der Waals surface area contributed by atoms with E-state index in [4.69, 9.17) is 0 Å². The number of anilines is 1. The number of carbonyl (C=O) groups is 1. The molecule has 1 heterocycles. The van der Waals surface area contributed by atoms with Crippen LogP contribution in [0.3, 0.4) is 0 Å². The number of halogens is 1. The van der Waals surface area contributed by atoms with Crippen molar-refractivity contribution < 1.29 is 9.72 Å². The molecular weight excluding hydrogens is 316 g/mol. The second kappa shape index (κ2) is 7.03. The first kappa shape index (κ1) is 15.4. The maximum atomic E-state index is 11.6. The SMILES string of the molecule is CCNC(=O)CN(CC)c1ncc(Br)cc1[N+](=O)[O-]. The average Bonchev–Trinajstić information content (AvgIpc) is 2.36. The Morgan fingerprint density at radius 3 is 2.79 bits per heavy atom. The average molecular weight is 331 g/mol. The number of nitrogens with zero attached hydrogens (tertiary/aromatic N) is 3. The Kier molecular flexibility index (Phi) is 5.68. The highest BCUT2D eigenvalue weighted by Crippen LogP contribution is 2.28. The van der Waals surface area contributed by atoms with Gasteiger partial charge in [0.15, 0.2) is 0 Å². The van der Waals surface area contributed by atoms with Gasteiger partial charge in [-0.25, -0.2) is 4.98 Å². The number of rotatable bonds is 6. The summed E-state index contributed by atoms with van der Waals surface area (Å²) in [6.07, 6.45) is 1.47. The Balaban J connectivity index is 3.04. The van der Waals surface area contributed by atoms with Crippen LogP contribution in [-0.2, 0) is 4.79 Å². The van der Waals surface area contributed by atoms with Crippen LogP contribution in [0.1, 0.15) is 13.8 Å². The molecule has 1 N–H and O–H groups in total. The summed E-state index contributed by atoms with van der Waals surface area (Å²) < 4.78 is 0.525. The first-order valence-electron chi connectivity index (χ1n) is 5.81. The van der Waals surface area contributed by atoms with E-state index in [9.17, 15) is 14.9 Å².